The SMILES string of the molecule is Cc1cccnc1[C@@H]1CCCCN1Cc1ccccc1. The molecule has 2 nitrogen and oxygen atoms in total. The summed E-state index contributed by atoms with van der Waals surface area (Å²) in [4.78, 5) is 7.24. The molecule has 0 N–H and O–H groups in total. The quantitative estimate of drug-likeness (QED) is 0.831. The van der Waals surface area contributed by atoms with Crippen molar-refractivity contribution in [1.29, 1.82) is 0 Å². The van der Waals surface area contributed by atoms with Gasteiger partial charge in [0.25, 0.3) is 0 Å². The molecule has 0 unspecified atom stereocenters. The molecule has 0 aliphatic carbocycles. The largest absolute Gasteiger partial charge is 0.291 e. The summed E-state index contributed by atoms with van der Waals surface area (Å²) in [6.45, 7) is 4.38. The fraction of sp³-hybridized carbons (Fsp3) is 0.389. The monoisotopic (exact) mass is 266 g/mol. The van der Waals surface area contributed by atoms with Crippen LogP contribution in [0.3, 0.4) is 0 Å². The Hall–Kier alpha value is -1.67. The lowest BCUT2D eigenvalue weighted by atomic mass is 9.96. The van der Waals surface area contributed by atoms with Crippen LogP contribution in [-0.2, 0) is 6.54 Å². The Kier molecular flexibility index (Phi) is 4.12. The zero-order chi connectivity index (χ0) is 13.8. The first kappa shape index (κ1) is 13.3. The van der Waals surface area contributed by atoms with E-state index >= 15 is 0 Å². The maximum Gasteiger partial charge on any atom is 0.0604 e. The van der Waals surface area contributed by atoms with Crippen molar-refractivity contribution < 1.29 is 0 Å². The second-order valence-corrected chi connectivity index (χ2v) is 5.67. The Balaban J connectivity index is 1.83. The molecule has 1 saturated heterocycles. The number of aromatic nitrogens is 1. The lowest BCUT2D eigenvalue weighted by molar-refractivity contribution is 0.137. The van der Waals surface area contributed by atoms with Crippen LogP contribution in [0.4, 0.5) is 0 Å². The number of piperidine rings is 1. The molecule has 2 aromatic rings. The highest BCUT2D eigenvalue weighted by Gasteiger charge is 2.25. The standard InChI is InChI=1S/C18H22N2/c1-15-8-7-12-19-18(15)17-11-5-6-13-20(17)14-16-9-3-2-4-10-16/h2-4,7-10,12,17H,5-6,11,13-14H2,1H3/t17-/m0/s1. The molecule has 0 bridgehead atoms. The van der Waals surface area contributed by atoms with Crippen molar-refractivity contribution in [3.05, 3.63) is 65.5 Å². The molecule has 1 aliphatic heterocycles. The number of aryl methyl sites for hydroxylation is 1. The highest BCUT2D eigenvalue weighted by atomic mass is 15.2. The van der Waals surface area contributed by atoms with Gasteiger partial charge in [0.2, 0.25) is 0 Å². The topological polar surface area (TPSA) is 16.1 Å². The minimum atomic E-state index is 0.477. The summed E-state index contributed by atoms with van der Waals surface area (Å²) in [5, 5.41) is 0. The minimum Gasteiger partial charge on any atom is -0.291 e. The Morgan fingerprint density at radius 3 is 2.75 bits per heavy atom. The van der Waals surface area contributed by atoms with E-state index in [1.165, 1.54) is 42.6 Å². The maximum atomic E-state index is 4.65. The number of benzene rings is 1. The van der Waals surface area contributed by atoms with E-state index in [9.17, 15) is 0 Å². The van der Waals surface area contributed by atoms with Gasteiger partial charge in [0.05, 0.1) is 11.7 Å². The first-order valence-corrected chi connectivity index (χ1v) is 7.54. The van der Waals surface area contributed by atoms with Crippen LogP contribution >= 0.6 is 0 Å². The van der Waals surface area contributed by atoms with Gasteiger partial charge in [-0.3, -0.25) is 9.88 Å². The molecule has 20 heavy (non-hydrogen) atoms. The third-order valence-electron chi connectivity index (χ3n) is 4.21. The summed E-state index contributed by atoms with van der Waals surface area (Å²) in [5.74, 6) is 0. The predicted octanol–water partition coefficient (Wildman–Crippen LogP) is 4.12. The minimum absolute atomic E-state index is 0.477. The van der Waals surface area contributed by atoms with Crippen molar-refractivity contribution in [2.75, 3.05) is 6.54 Å². The van der Waals surface area contributed by atoms with E-state index in [2.05, 4.69) is 53.2 Å². The molecule has 0 spiro atoms. The smallest absolute Gasteiger partial charge is 0.0604 e. The fourth-order valence-electron chi connectivity index (χ4n) is 3.15. The van der Waals surface area contributed by atoms with Crippen LogP contribution in [0, 0.1) is 6.92 Å². The molecule has 1 atom stereocenters. The Bertz CT molecular complexity index is 550. The van der Waals surface area contributed by atoms with Gasteiger partial charge in [-0.2, -0.15) is 0 Å². The van der Waals surface area contributed by atoms with Crippen molar-refractivity contribution in [3.63, 3.8) is 0 Å². The first-order valence-electron chi connectivity index (χ1n) is 7.54. The molecule has 104 valence electrons. The van der Waals surface area contributed by atoms with Gasteiger partial charge in [-0.1, -0.05) is 42.8 Å². The Morgan fingerprint density at radius 2 is 1.95 bits per heavy atom. The molecule has 2 heteroatoms. The number of hydrogen-bond acceptors (Lipinski definition) is 2. The average molecular weight is 266 g/mol. The fourth-order valence-corrected chi connectivity index (χ4v) is 3.15. The summed E-state index contributed by atoms with van der Waals surface area (Å²) in [5.41, 5.74) is 3.98. The van der Waals surface area contributed by atoms with E-state index in [1.807, 2.05) is 12.3 Å². The summed E-state index contributed by atoms with van der Waals surface area (Å²) in [6, 6.07) is 15.5. The zero-order valence-corrected chi connectivity index (χ0v) is 12.1. The highest BCUT2D eigenvalue weighted by Crippen LogP contribution is 2.32. The van der Waals surface area contributed by atoms with E-state index in [0.717, 1.165) is 6.54 Å². The highest BCUT2D eigenvalue weighted by molar-refractivity contribution is 5.22. The van der Waals surface area contributed by atoms with Crippen LogP contribution in [-0.4, -0.2) is 16.4 Å². The molecule has 1 aliphatic rings. The molecule has 3 rings (SSSR count). The number of pyridine rings is 1. The molecular formula is C18H22N2. The van der Waals surface area contributed by atoms with Crippen LogP contribution < -0.4 is 0 Å². The normalized spacial score (nSPS) is 19.9. The van der Waals surface area contributed by atoms with Gasteiger partial charge in [-0.25, -0.2) is 0 Å². The van der Waals surface area contributed by atoms with Crippen molar-refractivity contribution in [2.24, 2.45) is 0 Å². The molecule has 2 heterocycles. The van der Waals surface area contributed by atoms with E-state index in [0.29, 0.717) is 6.04 Å². The van der Waals surface area contributed by atoms with Gasteiger partial charge in [-0.05, 0) is 43.5 Å². The maximum absolute atomic E-state index is 4.65. The van der Waals surface area contributed by atoms with Gasteiger partial charge < -0.3 is 0 Å². The lowest BCUT2D eigenvalue weighted by Crippen LogP contribution is -2.33. The summed E-state index contributed by atoms with van der Waals surface area (Å²) in [6.07, 6.45) is 5.77. The predicted molar refractivity (Wildman–Crippen MR) is 82.4 cm³/mol. The van der Waals surface area contributed by atoms with Gasteiger partial charge in [0.1, 0.15) is 0 Å². The van der Waals surface area contributed by atoms with E-state index in [4.69, 9.17) is 0 Å². The third kappa shape index (κ3) is 2.91. The van der Waals surface area contributed by atoms with Gasteiger partial charge in [-0.15, -0.1) is 0 Å². The second-order valence-electron chi connectivity index (χ2n) is 5.67. The molecule has 1 aromatic carbocycles. The molecule has 1 fully saturated rings. The van der Waals surface area contributed by atoms with Crippen LogP contribution in [0.15, 0.2) is 48.7 Å². The van der Waals surface area contributed by atoms with Crippen molar-refractivity contribution in [2.45, 2.75) is 38.8 Å². The van der Waals surface area contributed by atoms with E-state index in [1.54, 1.807) is 0 Å². The van der Waals surface area contributed by atoms with Gasteiger partial charge in [0, 0.05) is 12.7 Å². The zero-order valence-electron chi connectivity index (χ0n) is 12.1. The Morgan fingerprint density at radius 1 is 1.10 bits per heavy atom. The average Bonchev–Trinajstić information content (AvgIpc) is 2.50. The van der Waals surface area contributed by atoms with Crippen LogP contribution in [0.1, 0.15) is 42.1 Å². The summed E-state index contributed by atoms with van der Waals surface area (Å²) in [7, 11) is 0. The third-order valence-corrected chi connectivity index (χ3v) is 4.21. The molecule has 1 aromatic heterocycles. The molecular weight excluding hydrogens is 244 g/mol. The summed E-state index contributed by atoms with van der Waals surface area (Å²) < 4.78 is 0. The van der Waals surface area contributed by atoms with Crippen molar-refractivity contribution >= 4 is 0 Å². The first-order chi connectivity index (χ1) is 9.84. The van der Waals surface area contributed by atoms with Crippen LogP contribution in [0.5, 0.6) is 0 Å². The number of hydrogen-bond donors (Lipinski definition) is 0. The number of rotatable bonds is 3. The van der Waals surface area contributed by atoms with Gasteiger partial charge >= 0.3 is 0 Å². The van der Waals surface area contributed by atoms with Crippen LogP contribution in [0.2, 0.25) is 0 Å². The lowest BCUT2D eigenvalue weighted by Gasteiger charge is -2.36. The number of likely N-dealkylation sites (tertiary alicyclic amines) is 1. The summed E-state index contributed by atoms with van der Waals surface area (Å²) >= 11 is 0. The van der Waals surface area contributed by atoms with Crippen molar-refractivity contribution in [3.8, 4) is 0 Å². The van der Waals surface area contributed by atoms with E-state index in [-0.39, 0.29) is 0 Å². The van der Waals surface area contributed by atoms with Crippen LogP contribution in [0.25, 0.3) is 0 Å². The number of nitrogens with zero attached hydrogens (tertiary/aromatic N) is 2. The second kappa shape index (κ2) is 6.19. The van der Waals surface area contributed by atoms with Crippen molar-refractivity contribution in [1.82, 2.24) is 9.88 Å². The molecule has 0 saturated carbocycles. The van der Waals surface area contributed by atoms with E-state index < -0.39 is 0 Å². The Labute approximate surface area is 121 Å². The molecule has 0 radical (unpaired) electrons. The molecule has 0 amide bonds. The van der Waals surface area contributed by atoms with Gasteiger partial charge in [0.15, 0.2) is 0 Å².